The van der Waals surface area contributed by atoms with Crippen LogP contribution >= 0.6 is 0 Å². The summed E-state index contributed by atoms with van der Waals surface area (Å²) in [6.45, 7) is 0.325. The van der Waals surface area contributed by atoms with Crippen molar-refractivity contribution in [2.75, 3.05) is 25.5 Å². The van der Waals surface area contributed by atoms with Gasteiger partial charge in [0.05, 0.1) is 5.60 Å². The average Bonchev–Trinajstić information content (AvgIpc) is 2.33. The van der Waals surface area contributed by atoms with Crippen LogP contribution in [0, 0.1) is 0 Å². The fourth-order valence-corrected chi connectivity index (χ4v) is 1.91. The van der Waals surface area contributed by atoms with E-state index in [0.29, 0.717) is 12.1 Å². The molecule has 1 aliphatic carbocycles. The molecule has 2 rings (SSSR count). The molecule has 5 heteroatoms. The molecule has 1 amide bonds. The lowest BCUT2D eigenvalue weighted by molar-refractivity contribution is -0.0300. The topological polar surface area (TPSA) is 65.5 Å². The van der Waals surface area contributed by atoms with E-state index in [2.05, 4.69) is 10.3 Å². The van der Waals surface area contributed by atoms with Crippen LogP contribution in [-0.4, -0.2) is 42.2 Å². The highest BCUT2D eigenvalue weighted by atomic mass is 16.3. The molecule has 0 spiro atoms. The molecule has 1 fully saturated rings. The number of nitrogens with one attached hydrogen (secondary N) is 1. The summed E-state index contributed by atoms with van der Waals surface area (Å²) in [5.74, 6) is 0.575. The van der Waals surface area contributed by atoms with Crippen LogP contribution in [0.25, 0.3) is 0 Å². The first-order chi connectivity index (χ1) is 8.50. The highest BCUT2D eigenvalue weighted by Gasteiger charge is 2.34. The van der Waals surface area contributed by atoms with Gasteiger partial charge in [-0.15, -0.1) is 0 Å². The molecule has 98 valence electrons. The van der Waals surface area contributed by atoms with Gasteiger partial charge in [0, 0.05) is 32.4 Å². The zero-order valence-corrected chi connectivity index (χ0v) is 10.8. The molecule has 1 heterocycles. The molecule has 2 N–H and O–H groups in total. The summed E-state index contributed by atoms with van der Waals surface area (Å²) in [6, 6.07) is 3.41. The molecule has 18 heavy (non-hydrogen) atoms. The van der Waals surface area contributed by atoms with Crippen molar-refractivity contribution in [3.8, 4) is 0 Å². The Kier molecular flexibility index (Phi) is 3.52. The van der Waals surface area contributed by atoms with Gasteiger partial charge >= 0.3 is 0 Å². The molecule has 0 aromatic carbocycles. The molecular weight excluding hydrogens is 230 g/mol. The van der Waals surface area contributed by atoms with Crippen molar-refractivity contribution >= 4 is 11.7 Å². The SMILES string of the molecule is CN(C)c1cc(C(=O)NCC2(O)CCC2)ccn1. The minimum atomic E-state index is -0.687. The third kappa shape index (κ3) is 2.79. The Hall–Kier alpha value is -1.62. The molecule has 1 aromatic rings. The van der Waals surface area contributed by atoms with E-state index in [9.17, 15) is 9.90 Å². The second kappa shape index (κ2) is 4.94. The number of carbonyl (C=O) groups excluding carboxylic acids is 1. The Morgan fingerprint density at radius 1 is 1.56 bits per heavy atom. The van der Waals surface area contributed by atoms with Gasteiger partial charge in [0.15, 0.2) is 0 Å². The van der Waals surface area contributed by atoms with E-state index in [4.69, 9.17) is 0 Å². The average molecular weight is 249 g/mol. The molecular formula is C13H19N3O2. The Morgan fingerprint density at radius 2 is 2.28 bits per heavy atom. The fraction of sp³-hybridized carbons (Fsp3) is 0.538. The zero-order chi connectivity index (χ0) is 13.2. The smallest absolute Gasteiger partial charge is 0.251 e. The van der Waals surface area contributed by atoms with E-state index in [-0.39, 0.29) is 5.91 Å². The predicted octanol–water partition coefficient (Wildman–Crippen LogP) is 0.792. The Labute approximate surface area is 107 Å². The number of hydrogen-bond donors (Lipinski definition) is 2. The van der Waals surface area contributed by atoms with Crippen molar-refractivity contribution in [1.29, 1.82) is 0 Å². The maximum Gasteiger partial charge on any atom is 0.251 e. The van der Waals surface area contributed by atoms with Crippen molar-refractivity contribution in [3.05, 3.63) is 23.9 Å². The molecule has 5 nitrogen and oxygen atoms in total. The summed E-state index contributed by atoms with van der Waals surface area (Å²) in [5.41, 5.74) is -0.121. The molecule has 0 atom stereocenters. The second-order valence-electron chi connectivity index (χ2n) is 5.06. The van der Waals surface area contributed by atoms with Crippen LogP contribution in [0.5, 0.6) is 0 Å². The zero-order valence-electron chi connectivity index (χ0n) is 10.8. The maximum absolute atomic E-state index is 11.9. The number of amides is 1. The summed E-state index contributed by atoms with van der Waals surface area (Å²) < 4.78 is 0. The number of nitrogens with zero attached hydrogens (tertiary/aromatic N) is 2. The monoisotopic (exact) mass is 249 g/mol. The normalized spacial score (nSPS) is 16.8. The van der Waals surface area contributed by atoms with Crippen LogP contribution in [0.15, 0.2) is 18.3 Å². The first-order valence-corrected chi connectivity index (χ1v) is 6.14. The first-order valence-electron chi connectivity index (χ1n) is 6.14. The number of pyridine rings is 1. The van der Waals surface area contributed by atoms with Gasteiger partial charge in [-0.2, -0.15) is 0 Å². The molecule has 1 aliphatic rings. The number of hydrogen-bond acceptors (Lipinski definition) is 4. The van der Waals surface area contributed by atoms with Crippen molar-refractivity contribution < 1.29 is 9.90 Å². The van der Waals surface area contributed by atoms with Crippen LogP contribution < -0.4 is 10.2 Å². The van der Waals surface area contributed by atoms with E-state index in [1.54, 1.807) is 18.3 Å². The Bertz CT molecular complexity index is 442. The quantitative estimate of drug-likeness (QED) is 0.828. The lowest BCUT2D eigenvalue weighted by Crippen LogP contribution is -2.47. The number of carbonyl (C=O) groups is 1. The van der Waals surface area contributed by atoms with Crippen LogP contribution in [0.1, 0.15) is 29.6 Å². The van der Waals surface area contributed by atoms with E-state index in [0.717, 1.165) is 25.1 Å². The maximum atomic E-state index is 11.9. The highest BCUT2D eigenvalue weighted by molar-refractivity contribution is 5.94. The van der Waals surface area contributed by atoms with Gasteiger partial charge in [0.2, 0.25) is 0 Å². The van der Waals surface area contributed by atoms with E-state index < -0.39 is 5.60 Å². The number of aromatic nitrogens is 1. The minimum absolute atomic E-state index is 0.166. The third-order valence-electron chi connectivity index (χ3n) is 3.33. The summed E-state index contributed by atoms with van der Waals surface area (Å²) in [4.78, 5) is 17.9. The summed E-state index contributed by atoms with van der Waals surface area (Å²) in [7, 11) is 3.75. The van der Waals surface area contributed by atoms with Crippen LogP contribution in [0.2, 0.25) is 0 Å². The van der Waals surface area contributed by atoms with Crippen molar-refractivity contribution in [2.45, 2.75) is 24.9 Å². The van der Waals surface area contributed by atoms with Gasteiger partial charge in [-0.1, -0.05) is 0 Å². The van der Waals surface area contributed by atoms with Gasteiger partial charge in [-0.05, 0) is 31.4 Å². The molecule has 0 saturated heterocycles. The number of rotatable bonds is 4. The standard InChI is InChI=1S/C13H19N3O2/c1-16(2)11-8-10(4-7-14-11)12(17)15-9-13(18)5-3-6-13/h4,7-8,18H,3,5-6,9H2,1-2H3,(H,15,17). The van der Waals surface area contributed by atoms with Crippen molar-refractivity contribution in [3.63, 3.8) is 0 Å². The molecule has 0 unspecified atom stereocenters. The van der Waals surface area contributed by atoms with Crippen molar-refractivity contribution in [1.82, 2.24) is 10.3 Å². The van der Waals surface area contributed by atoms with Gasteiger partial charge in [0.1, 0.15) is 5.82 Å². The number of anilines is 1. The van der Waals surface area contributed by atoms with Crippen LogP contribution in [0.4, 0.5) is 5.82 Å². The van der Waals surface area contributed by atoms with Crippen LogP contribution in [-0.2, 0) is 0 Å². The van der Waals surface area contributed by atoms with E-state index >= 15 is 0 Å². The molecule has 0 aliphatic heterocycles. The second-order valence-corrected chi connectivity index (χ2v) is 5.06. The Morgan fingerprint density at radius 3 is 2.83 bits per heavy atom. The summed E-state index contributed by atoms with van der Waals surface area (Å²) in [5, 5.41) is 12.7. The Balaban J connectivity index is 1.98. The largest absolute Gasteiger partial charge is 0.388 e. The first kappa shape index (κ1) is 12.8. The van der Waals surface area contributed by atoms with E-state index in [1.165, 1.54) is 0 Å². The predicted molar refractivity (Wildman–Crippen MR) is 69.7 cm³/mol. The molecule has 1 aromatic heterocycles. The van der Waals surface area contributed by atoms with Crippen molar-refractivity contribution in [2.24, 2.45) is 0 Å². The van der Waals surface area contributed by atoms with Crippen LogP contribution in [0.3, 0.4) is 0 Å². The van der Waals surface area contributed by atoms with Gasteiger partial charge in [-0.25, -0.2) is 4.98 Å². The molecule has 0 radical (unpaired) electrons. The lowest BCUT2D eigenvalue weighted by Gasteiger charge is -2.36. The fourth-order valence-electron chi connectivity index (χ4n) is 1.91. The minimum Gasteiger partial charge on any atom is -0.388 e. The molecule has 0 bridgehead atoms. The van der Waals surface area contributed by atoms with Gasteiger partial charge < -0.3 is 15.3 Å². The summed E-state index contributed by atoms with van der Waals surface area (Å²) in [6.07, 6.45) is 4.19. The highest BCUT2D eigenvalue weighted by Crippen LogP contribution is 2.30. The molecule has 1 saturated carbocycles. The van der Waals surface area contributed by atoms with E-state index in [1.807, 2.05) is 19.0 Å². The third-order valence-corrected chi connectivity index (χ3v) is 3.33. The number of aliphatic hydroxyl groups is 1. The lowest BCUT2D eigenvalue weighted by atomic mass is 9.80. The van der Waals surface area contributed by atoms with Gasteiger partial charge in [0.25, 0.3) is 5.91 Å². The summed E-state index contributed by atoms with van der Waals surface area (Å²) >= 11 is 0. The van der Waals surface area contributed by atoms with Gasteiger partial charge in [-0.3, -0.25) is 4.79 Å².